The SMILES string of the molecule is COc1ccccc1-c1ccc2c(Cl)ncc(B3OC(C)(C)C(C)(C)O3)c2c1. The molecule has 1 saturated heterocycles. The van der Waals surface area contributed by atoms with Crippen LogP contribution in [0.5, 0.6) is 5.75 Å². The average molecular weight is 396 g/mol. The van der Waals surface area contributed by atoms with Crippen molar-refractivity contribution in [2.45, 2.75) is 38.9 Å². The summed E-state index contributed by atoms with van der Waals surface area (Å²) in [6, 6.07) is 14.1. The first kappa shape index (κ1) is 19.3. The molecule has 28 heavy (non-hydrogen) atoms. The molecule has 4 rings (SSSR count). The van der Waals surface area contributed by atoms with Gasteiger partial charge in [-0.3, -0.25) is 0 Å². The van der Waals surface area contributed by atoms with Gasteiger partial charge in [-0.1, -0.05) is 41.9 Å². The van der Waals surface area contributed by atoms with Crippen LogP contribution in [-0.2, 0) is 9.31 Å². The molecule has 0 saturated carbocycles. The Hall–Kier alpha value is -2.08. The van der Waals surface area contributed by atoms with Crippen LogP contribution in [0.1, 0.15) is 27.7 Å². The molecular formula is C22H23BClNO3. The van der Waals surface area contributed by atoms with Crippen LogP contribution >= 0.6 is 11.6 Å². The number of rotatable bonds is 3. The maximum absolute atomic E-state index is 6.39. The lowest BCUT2D eigenvalue weighted by atomic mass is 9.77. The Morgan fingerprint density at radius 1 is 0.964 bits per heavy atom. The normalized spacial score (nSPS) is 17.9. The van der Waals surface area contributed by atoms with Gasteiger partial charge in [-0.2, -0.15) is 0 Å². The molecule has 0 radical (unpaired) electrons. The van der Waals surface area contributed by atoms with Crippen molar-refractivity contribution in [1.29, 1.82) is 0 Å². The lowest BCUT2D eigenvalue weighted by molar-refractivity contribution is 0.00578. The van der Waals surface area contributed by atoms with Crippen molar-refractivity contribution in [3.63, 3.8) is 0 Å². The Labute approximate surface area is 170 Å². The highest BCUT2D eigenvalue weighted by atomic mass is 35.5. The summed E-state index contributed by atoms with van der Waals surface area (Å²) in [5, 5.41) is 2.29. The zero-order valence-electron chi connectivity index (χ0n) is 16.7. The van der Waals surface area contributed by atoms with Gasteiger partial charge in [-0.25, -0.2) is 4.98 Å². The van der Waals surface area contributed by atoms with Crippen molar-refractivity contribution in [2.24, 2.45) is 0 Å². The van der Waals surface area contributed by atoms with Gasteiger partial charge in [0.2, 0.25) is 0 Å². The zero-order chi connectivity index (χ0) is 20.1. The lowest BCUT2D eigenvalue weighted by Crippen LogP contribution is -2.41. The van der Waals surface area contributed by atoms with Crippen molar-refractivity contribution < 1.29 is 14.0 Å². The summed E-state index contributed by atoms with van der Waals surface area (Å²) >= 11 is 6.39. The van der Waals surface area contributed by atoms with Crippen molar-refractivity contribution in [2.75, 3.05) is 7.11 Å². The van der Waals surface area contributed by atoms with E-state index in [4.69, 9.17) is 25.6 Å². The number of para-hydroxylation sites is 1. The highest BCUT2D eigenvalue weighted by Gasteiger charge is 2.52. The molecule has 4 nitrogen and oxygen atoms in total. The summed E-state index contributed by atoms with van der Waals surface area (Å²) in [6.07, 6.45) is 1.75. The molecule has 1 aliphatic rings. The number of hydrogen-bond acceptors (Lipinski definition) is 4. The van der Waals surface area contributed by atoms with E-state index in [2.05, 4.69) is 11.1 Å². The van der Waals surface area contributed by atoms with E-state index >= 15 is 0 Å². The summed E-state index contributed by atoms with van der Waals surface area (Å²) in [5.74, 6) is 0.819. The first-order valence-corrected chi connectivity index (χ1v) is 9.68. The van der Waals surface area contributed by atoms with Gasteiger partial charge in [0.05, 0.1) is 18.3 Å². The Balaban J connectivity index is 1.88. The Morgan fingerprint density at radius 3 is 2.32 bits per heavy atom. The zero-order valence-corrected chi connectivity index (χ0v) is 17.5. The highest BCUT2D eigenvalue weighted by molar-refractivity contribution is 6.65. The summed E-state index contributed by atoms with van der Waals surface area (Å²) in [4.78, 5) is 4.36. The summed E-state index contributed by atoms with van der Waals surface area (Å²) < 4.78 is 18.0. The third-order valence-electron chi connectivity index (χ3n) is 5.79. The van der Waals surface area contributed by atoms with Gasteiger partial charge in [0.1, 0.15) is 10.9 Å². The minimum atomic E-state index is -0.509. The third kappa shape index (κ3) is 3.08. The summed E-state index contributed by atoms with van der Waals surface area (Å²) in [5.41, 5.74) is 2.06. The molecule has 1 aromatic heterocycles. The lowest BCUT2D eigenvalue weighted by Gasteiger charge is -2.32. The standard InChI is InChI=1S/C22H23BClNO3/c1-21(2)22(3,4)28-23(27-21)18-13-25-20(24)16-11-10-14(12-17(16)18)15-8-6-7-9-19(15)26-5/h6-13H,1-5H3. The number of methoxy groups -OCH3 is 1. The quantitative estimate of drug-likeness (QED) is 0.469. The van der Waals surface area contributed by atoms with E-state index in [0.717, 1.165) is 33.1 Å². The molecule has 6 heteroatoms. The molecule has 0 atom stereocenters. The van der Waals surface area contributed by atoms with Crippen molar-refractivity contribution in [1.82, 2.24) is 4.98 Å². The number of ether oxygens (including phenoxy) is 1. The van der Waals surface area contributed by atoms with Gasteiger partial charge in [-0.05, 0) is 50.8 Å². The molecule has 0 amide bonds. The van der Waals surface area contributed by atoms with E-state index in [1.807, 2.05) is 64.1 Å². The second-order valence-corrected chi connectivity index (χ2v) is 8.41. The minimum absolute atomic E-state index is 0.427. The van der Waals surface area contributed by atoms with Gasteiger partial charge < -0.3 is 14.0 Å². The van der Waals surface area contributed by atoms with Gasteiger partial charge in [-0.15, -0.1) is 0 Å². The Bertz CT molecular complexity index is 1040. The van der Waals surface area contributed by atoms with Gasteiger partial charge in [0.15, 0.2) is 0 Å². The predicted molar refractivity (Wildman–Crippen MR) is 114 cm³/mol. The number of fused-ring (bicyclic) bond motifs is 1. The molecule has 2 aromatic carbocycles. The van der Waals surface area contributed by atoms with Gasteiger partial charge in [0, 0.05) is 22.6 Å². The Kier molecular flexibility index (Phi) is 4.65. The van der Waals surface area contributed by atoms with E-state index < -0.39 is 18.3 Å². The molecule has 0 unspecified atom stereocenters. The topological polar surface area (TPSA) is 40.6 Å². The van der Waals surface area contributed by atoms with E-state index in [1.54, 1.807) is 13.3 Å². The summed E-state index contributed by atoms with van der Waals surface area (Å²) in [7, 11) is 1.17. The van der Waals surface area contributed by atoms with Crippen LogP contribution < -0.4 is 10.2 Å². The average Bonchev–Trinajstić information content (AvgIpc) is 2.88. The van der Waals surface area contributed by atoms with Crippen LogP contribution in [0, 0.1) is 0 Å². The smallest absolute Gasteiger partial charge is 0.496 e. The molecule has 2 heterocycles. The maximum Gasteiger partial charge on any atom is 0.497 e. The number of halogens is 1. The first-order chi connectivity index (χ1) is 13.2. The van der Waals surface area contributed by atoms with Gasteiger partial charge in [0.25, 0.3) is 0 Å². The van der Waals surface area contributed by atoms with Gasteiger partial charge >= 0.3 is 7.12 Å². The van der Waals surface area contributed by atoms with Crippen LogP contribution in [0.15, 0.2) is 48.7 Å². The fourth-order valence-electron chi connectivity index (χ4n) is 3.44. The molecule has 144 valence electrons. The number of aromatic nitrogens is 1. The Morgan fingerprint density at radius 2 is 1.64 bits per heavy atom. The second kappa shape index (κ2) is 6.76. The highest BCUT2D eigenvalue weighted by Crippen LogP contribution is 2.38. The number of nitrogens with zero attached hydrogens (tertiary/aromatic N) is 1. The monoisotopic (exact) mass is 395 g/mol. The summed E-state index contributed by atoms with van der Waals surface area (Å²) in [6.45, 7) is 8.16. The van der Waals surface area contributed by atoms with E-state index in [-0.39, 0.29) is 0 Å². The number of benzene rings is 2. The van der Waals surface area contributed by atoms with Crippen LogP contribution in [0.25, 0.3) is 21.9 Å². The molecular weight excluding hydrogens is 373 g/mol. The molecule has 3 aromatic rings. The second-order valence-electron chi connectivity index (χ2n) is 8.05. The van der Waals surface area contributed by atoms with Crippen molar-refractivity contribution in [3.05, 3.63) is 53.8 Å². The van der Waals surface area contributed by atoms with Crippen LogP contribution in [-0.4, -0.2) is 30.4 Å². The third-order valence-corrected chi connectivity index (χ3v) is 6.10. The number of pyridine rings is 1. The minimum Gasteiger partial charge on any atom is -0.496 e. The van der Waals surface area contributed by atoms with Crippen LogP contribution in [0.3, 0.4) is 0 Å². The fourth-order valence-corrected chi connectivity index (χ4v) is 3.65. The fraction of sp³-hybridized carbons (Fsp3) is 0.318. The first-order valence-electron chi connectivity index (χ1n) is 9.31. The molecule has 1 aliphatic heterocycles. The number of hydrogen-bond donors (Lipinski definition) is 0. The van der Waals surface area contributed by atoms with E-state index in [0.29, 0.717) is 5.15 Å². The van der Waals surface area contributed by atoms with Crippen molar-refractivity contribution in [3.8, 4) is 16.9 Å². The van der Waals surface area contributed by atoms with Crippen molar-refractivity contribution >= 4 is 35.0 Å². The molecule has 0 aliphatic carbocycles. The van der Waals surface area contributed by atoms with E-state index in [9.17, 15) is 0 Å². The molecule has 0 spiro atoms. The molecule has 0 N–H and O–H groups in total. The largest absolute Gasteiger partial charge is 0.497 e. The predicted octanol–water partition coefficient (Wildman–Crippen LogP) is 4.86. The van der Waals surface area contributed by atoms with E-state index in [1.165, 1.54) is 0 Å². The van der Waals surface area contributed by atoms with Crippen LogP contribution in [0.4, 0.5) is 0 Å². The molecule has 0 bridgehead atoms. The molecule has 1 fully saturated rings. The maximum atomic E-state index is 6.39. The van der Waals surface area contributed by atoms with Crippen LogP contribution in [0.2, 0.25) is 5.15 Å².